The first-order chi connectivity index (χ1) is 5.29. The van der Waals surface area contributed by atoms with Gasteiger partial charge in [0.1, 0.15) is 0 Å². The lowest BCUT2D eigenvalue weighted by atomic mass is 10.2. The third kappa shape index (κ3) is 1.18. The minimum absolute atomic E-state index is 0.277. The highest BCUT2D eigenvalue weighted by Crippen LogP contribution is 2.65. The predicted octanol–water partition coefficient (Wildman–Crippen LogP) is 3.49. The topological polar surface area (TPSA) is 0 Å². The Bertz CT molecular complexity index is 207. The molecule has 2 rings (SSSR count). The van der Waals surface area contributed by atoms with Crippen molar-refractivity contribution in [1.82, 2.24) is 0 Å². The van der Waals surface area contributed by atoms with Crippen LogP contribution in [0.4, 0.5) is 0 Å². The van der Waals surface area contributed by atoms with E-state index < -0.39 is 0 Å². The maximum Gasteiger partial charge on any atom is -0.00897 e. The second-order valence-electron chi connectivity index (χ2n) is 3.63. The molecule has 60 valence electrons. The van der Waals surface area contributed by atoms with Gasteiger partial charge in [0.05, 0.1) is 0 Å². The van der Waals surface area contributed by atoms with Crippen molar-refractivity contribution in [3.05, 3.63) is 23.5 Å². The van der Waals surface area contributed by atoms with E-state index in [2.05, 4.69) is 32.1 Å². The molecule has 0 aromatic carbocycles. The monoisotopic (exact) mass is 166 g/mol. The Morgan fingerprint density at radius 3 is 2.55 bits per heavy atom. The van der Waals surface area contributed by atoms with Crippen LogP contribution in [0, 0.1) is 0 Å². The number of hydrogen-bond acceptors (Lipinski definition) is 0. The fourth-order valence-electron chi connectivity index (χ4n) is 2.21. The number of rotatable bonds is 1. The van der Waals surface area contributed by atoms with Crippen molar-refractivity contribution in [2.24, 2.45) is 0 Å². The average molecular weight is 166 g/mol. The van der Waals surface area contributed by atoms with Crippen LogP contribution < -0.4 is 0 Å². The van der Waals surface area contributed by atoms with Gasteiger partial charge in [0.2, 0.25) is 0 Å². The molecule has 0 N–H and O–H groups in total. The second kappa shape index (κ2) is 2.75. The van der Waals surface area contributed by atoms with E-state index in [1.54, 1.807) is 5.31 Å². The van der Waals surface area contributed by atoms with Crippen LogP contribution in [-0.4, -0.2) is 11.3 Å². The first kappa shape index (κ1) is 7.55. The number of hydrogen-bond donors (Lipinski definition) is 0. The molecule has 0 bridgehead atoms. The lowest BCUT2D eigenvalue weighted by molar-refractivity contribution is 0.709. The van der Waals surface area contributed by atoms with Gasteiger partial charge in [-0.1, -0.05) is 40.0 Å². The quantitative estimate of drug-likeness (QED) is 0.523. The van der Waals surface area contributed by atoms with Crippen molar-refractivity contribution in [1.29, 1.82) is 0 Å². The molecular weight excluding hydrogens is 151 g/mol. The van der Waals surface area contributed by atoms with Gasteiger partial charge in [-0.2, -0.15) is 0 Å². The third-order valence-corrected chi connectivity index (χ3v) is 6.03. The summed E-state index contributed by atoms with van der Waals surface area (Å²) in [6.07, 6.45) is 9.56. The molecule has 3 atom stereocenters. The Labute approximate surface area is 70.1 Å². The van der Waals surface area contributed by atoms with E-state index in [1.807, 2.05) is 0 Å². The van der Waals surface area contributed by atoms with E-state index in [4.69, 9.17) is 0 Å². The molecule has 2 unspecified atom stereocenters. The van der Waals surface area contributed by atoms with Gasteiger partial charge < -0.3 is 0 Å². The van der Waals surface area contributed by atoms with E-state index in [0.29, 0.717) is 0 Å². The van der Waals surface area contributed by atoms with Crippen molar-refractivity contribution in [3.8, 4) is 0 Å². The summed E-state index contributed by atoms with van der Waals surface area (Å²) in [6, 6.07) is 0. The van der Waals surface area contributed by atoms with E-state index in [-0.39, 0.29) is 7.92 Å². The standard InChI is InChI=1S/C10H15P/c1-8-7-9(2)11(8)10-5-3-4-6-10/h3-5,8-9H,6-7H2,1-2H3/t8-,9?,11?/m1/s1. The van der Waals surface area contributed by atoms with Crippen LogP contribution in [0.25, 0.3) is 0 Å². The Hall–Kier alpha value is -0.0900. The molecule has 1 aliphatic carbocycles. The summed E-state index contributed by atoms with van der Waals surface area (Å²) in [7, 11) is 0.277. The minimum atomic E-state index is 0.277. The summed E-state index contributed by atoms with van der Waals surface area (Å²) in [4.78, 5) is 0. The molecular formula is C10H15P. The lowest BCUT2D eigenvalue weighted by Gasteiger charge is -2.42. The highest BCUT2D eigenvalue weighted by molar-refractivity contribution is 7.65. The molecule has 1 aliphatic heterocycles. The average Bonchev–Trinajstić information content (AvgIpc) is 2.39. The molecule has 1 heterocycles. The van der Waals surface area contributed by atoms with Crippen LogP contribution in [0.1, 0.15) is 26.7 Å². The SMILES string of the molecule is CC1C[C@@H](C)P1C1=CC=CC1. The summed E-state index contributed by atoms with van der Waals surface area (Å²) in [6.45, 7) is 4.82. The molecule has 0 spiro atoms. The van der Waals surface area contributed by atoms with Crippen LogP contribution in [-0.2, 0) is 0 Å². The zero-order valence-corrected chi connectivity index (χ0v) is 8.14. The van der Waals surface area contributed by atoms with Gasteiger partial charge in [-0.15, -0.1) is 0 Å². The lowest BCUT2D eigenvalue weighted by Crippen LogP contribution is -2.25. The van der Waals surface area contributed by atoms with Crippen molar-refractivity contribution in [3.63, 3.8) is 0 Å². The molecule has 0 radical (unpaired) electrons. The van der Waals surface area contributed by atoms with Crippen molar-refractivity contribution < 1.29 is 0 Å². The summed E-state index contributed by atoms with van der Waals surface area (Å²) < 4.78 is 0. The molecule has 0 saturated carbocycles. The summed E-state index contributed by atoms with van der Waals surface area (Å²) in [5.41, 5.74) is 2.01. The highest BCUT2D eigenvalue weighted by atomic mass is 31.1. The van der Waals surface area contributed by atoms with Crippen LogP contribution >= 0.6 is 7.92 Å². The summed E-state index contributed by atoms with van der Waals surface area (Å²) in [5.74, 6) is 0. The smallest absolute Gasteiger partial charge is 0.00897 e. The Morgan fingerprint density at radius 1 is 1.36 bits per heavy atom. The third-order valence-electron chi connectivity index (χ3n) is 2.72. The molecule has 0 aromatic heterocycles. The largest absolute Gasteiger partial charge is 0.0801 e. The molecule has 1 saturated heterocycles. The molecule has 11 heavy (non-hydrogen) atoms. The molecule has 0 nitrogen and oxygen atoms in total. The van der Waals surface area contributed by atoms with Gasteiger partial charge in [0, 0.05) is 0 Å². The van der Waals surface area contributed by atoms with Crippen LogP contribution in [0.3, 0.4) is 0 Å². The molecule has 0 aromatic rings. The fourth-order valence-corrected chi connectivity index (χ4v) is 5.48. The van der Waals surface area contributed by atoms with Crippen LogP contribution in [0.2, 0.25) is 0 Å². The Balaban J connectivity index is 2.05. The molecule has 1 fully saturated rings. The minimum Gasteiger partial charge on any atom is -0.0801 e. The van der Waals surface area contributed by atoms with Gasteiger partial charge in [0.25, 0.3) is 0 Å². The van der Waals surface area contributed by atoms with E-state index in [1.165, 1.54) is 12.8 Å². The summed E-state index contributed by atoms with van der Waals surface area (Å²) in [5, 5.41) is 1.74. The van der Waals surface area contributed by atoms with E-state index in [0.717, 1.165) is 11.3 Å². The molecule has 0 amide bonds. The zero-order valence-electron chi connectivity index (χ0n) is 7.25. The molecule has 1 heteroatoms. The van der Waals surface area contributed by atoms with Crippen molar-refractivity contribution in [2.75, 3.05) is 0 Å². The van der Waals surface area contributed by atoms with E-state index >= 15 is 0 Å². The maximum atomic E-state index is 2.41. The van der Waals surface area contributed by atoms with E-state index in [9.17, 15) is 0 Å². The van der Waals surface area contributed by atoms with Crippen LogP contribution in [0.5, 0.6) is 0 Å². The van der Waals surface area contributed by atoms with Crippen LogP contribution in [0.15, 0.2) is 23.5 Å². The fraction of sp³-hybridized carbons (Fsp3) is 0.600. The normalized spacial score (nSPS) is 42.0. The van der Waals surface area contributed by atoms with Crippen molar-refractivity contribution >= 4 is 7.92 Å². The Morgan fingerprint density at radius 2 is 2.09 bits per heavy atom. The zero-order chi connectivity index (χ0) is 7.84. The Kier molecular flexibility index (Phi) is 1.89. The second-order valence-corrected chi connectivity index (χ2v) is 6.78. The van der Waals surface area contributed by atoms with Crippen molar-refractivity contribution in [2.45, 2.75) is 38.0 Å². The first-order valence-corrected chi connectivity index (χ1v) is 5.91. The highest BCUT2D eigenvalue weighted by Gasteiger charge is 2.36. The number of allylic oxidation sites excluding steroid dienone is 4. The van der Waals surface area contributed by atoms with Gasteiger partial charge in [-0.25, -0.2) is 0 Å². The maximum absolute atomic E-state index is 2.41. The van der Waals surface area contributed by atoms with Gasteiger partial charge >= 0.3 is 0 Å². The summed E-state index contributed by atoms with van der Waals surface area (Å²) >= 11 is 0. The molecule has 2 aliphatic rings. The van der Waals surface area contributed by atoms with Gasteiger partial charge in [0.15, 0.2) is 0 Å². The van der Waals surface area contributed by atoms with Gasteiger partial charge in [-0.05, 0) is 29.5 Å². The first-order valence-electron chi connectivity index (χ1n) is 4.43. The van der Waals surface area contributed by atoms with Gasteiger partial charge in [-0.3, -0.25) is 0 Å². The predicted molar refractivity (Wildman–Crippen MR) is 52.3 cm³/mol.